The first-order chi connectivity index (χ1) is 5.75. The predicted molar refractivity (Wildman–Crippen MR) is 53.7 cm³/mol. The Morgan fingerprint density at radius 3 is 1.92 bits per heavy atom. The van der Waals surface area contributed by atoms with Gasteiger partial charge < -0.3 is 5.73 Å². The van der Waals surface area contributed by atoms with Crippen LogP contribution in [0.15, 0.2) is 12.7 Å². The average Bonchev–Trinajstić information content (AvgIpc) is 2.90. The molecule has 0 radical (unpaired) electrons. The Balaban J connectivity index is 0. The van der Waals surface area contributed by atoms with E-state index in [4.69, 9.17) is 5.73 Å². The Labute approximate surface area is 75.8 Å². The number of primary amides is 1. The maximum atomic E-state index is 10.3. The molecule has 1 fully saturated rings. The summed E-state index contributed by atoms with van der Waals surface area (Å²) in [5.41, 5.74) is 4.98. The zero-order valence-electron chi connectivity index (χ0n) is 8.63. The number of amides is 1. The standard InChI is InChI=1S/C6H9NO.2C2H6/c1-2-4-3-5(4)6(7)8;2*1-2/h2,4-5H,1,3H2,(H2,7,8);2*1-2H3. The molecule has 2 nitrogen and oxygen atoms in total. The molecule has 1 amide bonds. The summed E-state index contributed by atoms with van der Waals surface area (Å²) in [5.74, 6) is 0.301. The first kappa shape index (κ1) is 13.8. The Morgan fingerprint density at radius 2 is 1.83 bits per heavy atom. The summed E-state index contributed by atoms with van der Waals surface area (Å²) < 4.78 is 0. The molecule has 72 valence electrons. The van der Waals surface area contributed by atoms with Crippen molar-refractivity contribution in [3.63, 3.8) is 0 Å². The maximum absolute atomic E-state index is 10.3. The summed E-state index contributed by atoms with van der Waals surface area (Å²) in [5, 5.41) is 0. The lowest BCUT2D eigenvalue weighted by Crippen LogP contribution is -2.13. The number of nitrogens with two attached hydrogens (primary N) is 1. The molecular weight excluding hydrogens is 150 g/mol. The van der Waals surface area contributed by atoms with Crippen LogP contribution in [0.1, 0.15) is 34.1 Å². The molecule has 1 rings (SSSR count). The smallest absolute Gasteiger partial charge is 0.221 e. The molecule has 0 saturated heterocycles. The fourth-order valence-corrected chi connectivity index (χ4v) is 0.802. The molecule has 0 bridgehead atoms. The number of allylic oxidation sites excluding steroid dienone is 1. The van der Waals surface area contributed by atoms with Gasteiger partial charge in [-0.3, -0.25) is 4.79 Å². The van der Waals surface area contributed by atoms with E-state index in [9.17, 15) is 4.79 Å². The number of hydrogen-bond acceptors (Lipinski definition) is 1. The summed E-state index contributed by atoms with van der Waals surface area (Å²) in [6.07, 6.45) is 2.70. The number of hydrogen-bond donors (Lipinski definition) is 1. The van der Waals surface area contributed by atoms with Gasteiger partial charge in [0.05, 0.1) is 0 Å². The van der Waals surface area contributed by atoms with Crippen LogP contribution >= 0.6 is 0 Å². The van der Waals surface area contributed by atoms with E-state index in [0.717, 1.165) is 6.42 Å². The van der Waals surface area contributed by atoms with Crippen LogP contribution in [0.3, 0.4) is 0 Å². The largest absolute Gasteiger partial charge is 0.369 e. The van der Waals surface area contributed by atoms with E-state index >= 15 is 0 Å². The van der Waals surface area contributed by atoms with Gasteiger partial charge in [-0.05, 0) is 12.3 Å². The van der Waals surface area contributed by atoms with E-state index in [1.54, 1.807) is 6.08 Å². The average molecular weight is 171 g/mol. The van der Waals surface area contributed by atoms with Crippen LogP contribution in [0.5, 0.6) is 0 Å². The molecule has 12 heavy (non-hydrogen) atoms. The van der Waals surface area contributed by atoms with E-state index in [1.165, 1.54) is 0 Å². The van der Waals surface area contributed by atoms with Gasteiger partial charge in [-0.25, -0.2) is 0 Å². The first-order valence-corrected chi connectivity index (χ1v) is 4.67. The Kier molecular flexibility index (Phi) is 9.54. The number of rotatable bonds is 2. The number of carbonyl (C=O) groups is 1. The van der Waals surface area contributed by atoms with E-state index in [0.29, 0.717) is 5.92 Å². The van der Waals surface area contributed by atoms with Crippen LogP contribution in [0.25, 0.3) is 0 Å². The highest BCUT2D eigenvalue weighted by molar-refractivity contribution is 5.80. The molecule has 2 N–H and O–H groups in total. The minimum atomic E-state index is -0.185. The van der Waals surface area contributed by atoms with Gasteiger partial charge in [0.2, 0.25) is 5.91 Å². The molecule has 2 unspecified atom stereocenters. The van der Waals surface area contributed by atoms with Crippen LogP contribution in [-0.2, 0) is 4.79 Å². The zero-order valence-corrected chi connectivity index (χ0v) is 8.63. The molecule has 0 aromatic carbocycles. The van der Waals surface area contributed by atoms with Crippen molar-refractivity contribution in [1.29, 1.82) is 0 Å². The van der Waals surface area contributed by atoms with Crippen molar-refractivity contribution in [2.75, 3.05) is 0 Å². The van der Waals surface area contributed by atoms with Crippen molar-refractivity contribution in [1.82, 2.24) is 0 Å². The van der Waals surface area contributed by atoms with E-state index in [1.807, 2.05) is 27.7 Å². The van der Waals surface area contributed by atoms with Crippen LogP contribution < -0.4 is 5.73 Å². The van der Waals surface area contributed by atoms with Crippen molar-refractivity contribution < 1.29 is 4.79 Å². The second-order valence-electron chi connectivity index (χ2n) is 2.14. The molecule has 2 atom stereocenters. The molecule has 0 spiro atoms. The van der Waals surface area contributed by atoms with E-state index in [-0.39, 0.29) is 11.8 Å². The molecule has 1 aliphatic carbocycles. The SMILES string of the molecule is C=CC1CC1C(N)=O.CC.CC. The van der Waals surface area contributed by atoms with Gasteiger partial charge in [0.25, 0.3) is 0 Å². The third-order valence-electron chi connectivity index (χ3n) is 1.51. The second kappa shape index (κ2) is 8.31. The minimum Gasteiger partial charge on any atom is -0.369 e. The maximum Gasteiger partial charge on any atom is 0.221 e. The van der Waals surface area contributed by atoms with Gasteiger partial charge in [-0.15, -0.1) is 6.58 Å². The lowest BCUT2D eigenvalue weighted by molar-refractivity contribution is -0.119. The van der Waals surface area contributed by atoms with Gasteiger partial charge in [-0.2, -0.15) is 0 Å². The Morgan fingerprint density at radius 1 is 1.42 bits per heavy atom. The lowest BCUT2D eigenvalue weighted by atomic mass is 10.3. The normalized spacial score (nSPS) is 23.7. The molecule has 1 saturated carbocycles. The molecule has 2 heteroatoms. The van der Waals surface area contributed by atoms with Crippen molar-refractivity contribution in [3.8, 4) is 0 Å². The minimum absolute atomic E-state index is 0.104. The molecule has 0 aromatic heterocycles. The summed E-state index contributed by atoms with van der Waals surface area (Å²) in [6.45, 7) is 11.5. The van der Waals surface area contributed by atoms with E-state index < -0.39 is 0 Å². The van der Waals surface area contributed by atoms with Gasteiger partial charge in [0, 0.05) is 5.92 Å². The quantitative estimate of drug-likeness (QED) is 0.637. The van der Waals surface area contributed by atoms with Crippen LogP contribution in [-0.4, -0.2) is 5.91 Å². The summed E-state index contributed by atoms with van der Waals surface area (Å²) in [7, 11) is 0. The van der Waals surface area contributed by atoms with Crippen LogP contribution in [0, 0.1) is 11.8 Å². The number of carbonyl (C=O) groups excluding carboxylic acids is 1. The van der Waals surface area contributed by atoms with Crippen molar-refractivity contribution in [3.05, 3.63) is 12.7 Å². The van der Waals surface area contributed by atoms with Crippen molar-refractivity contribution in [2.24, 2.45) is 17.6 Å². The summed E-state index contributed by atoms with van der Waals surface area (Å²) >= 11 is 0. The Bertz CT molecular complexity index is 132. The molecular formula is C10H21NO. The highest BCUT2D eigenvalue weighted by atomic mass is 16.1. The Hall–Kier alpha value is -0.790. The predicted octanol–water partition coefficient (Wildman–Crippen LogP) is 2.35. The second-order valence-corrected chi connectivity index (χ2v) is 2.14. The van der Waals surface area contributed by atoms with Gasteiger partial charge in [0.15, 0.2) is 0 Å². The van der Waals surface area contributed by atoms with Crippen LogP contribution in [0.2, 0.25) is 0 Å². The van der Waals surface area contributed by atoms with Gasteiger partial charge >= 0.3 is 0 Å². The monoisotopic (exact) mass is 171 g/mol. The fourth-order valence-electron chi connectivity index (χ4n) is 0.802. The third-order valence-corrected chi connectivity index (χ3v) is 1.51. The molecule has 0 aromatic rings. The summed E-state index contributed by atoms with van der Waals surface area (Å²) in [6, 6.07) is 0. The highest BCUT2D eigenvalue weighted by Crippen LogP contribution is 2.38. The van der Waals surface area contributed by atoms with E-state index in [2.05, 4.69) is 6.58 Å². The van der Waals surface area contributed by atoms with Crippen molar-refractivity contribution >= 4 is 5.91 Å². The zero-order chi connectivity index (χ0) is 10.1. The first-order valence-electron chi connectivity index (χ1n) is 4.67. The topological polar surface area (TPSA) is 43.1 Å². The fraction of sp³-hybridized carbons (Fsp3) is 0.700. The van der Waals surface area contributed by atoms with Crippen molar-refractivity contribution in [2.45, 2.75) is 34.1 Å². The van der Waals surface area contributed by atoms with Gasteiger partial charge in [-0.1, -0.05) is 33.8 Å². The summed E-state index contributed by atoms with van der Waals surface area (Å²) in [4.78, 5) is 10.3. The lowest BCUT2D eigenvalue weighted by Gasteiger charge is -1.82. The molecule has 0 aliphatic heterocycles. The third kappa shape index (κ3) is 4.94. The van der Waals surface area contributed by atoms with Gasteiger partial charge in [0.1, 0.15) is 0 Å². The molecule has 1 aliphatic rings. The molecule has 0 heterocycles. The highest BCUT2D eigenvalue weighted by Gasteiger charge is 2.38. The van der Waals surface area contributed by atoms with Crippen LogP contribution in [0.4, 0.5) is 0 Å².